The number of rotatable bonds is 11. The van der Waals surface area contributed by atoms with E-state index in [1.165, 1.54) is 17.3 Å². The number of carbonyl (C=O) groups excluding carboxylic acids is 1. The van der Waals surface area contributed by atoms with Crippen LogP contribution in [0.3, 0.4) is 0 Å². The smallest absolute Gasteiger partial charge is 0.230 e. The Kier molecular flexibility index (Phi) is 8.84. The van der Waals surface area contributed by atoms with E-state index in [0.29, 0.717) is 30.4 Å². The maximum atomic E-state index is 12.1. The van der Waals surface area contributed by atoms with Crippen LogP contribution < -0.4 is 19.5 Å². The second-order valence-electron chi connectivity index (χ2n) is 5.80. The molecule has 0 bridgehead atoms. The Bertz CT molecular complexity index is 736. The molecule has 6 heteroatoms. The topological polar surface area (TPSA) is 56.8 Å². The molecule has 0 radical (unpaired) electrons. The quantitative estimate of drug-likeness (QED) is 0.466. The van der Waals surface area contributed by atoms with Crippen LogP contribution in [0.15, 0.2) is 47.4 Å². The molecule has 2 aromatic carbocycles. The number of para-hydroxylation sites is 1. The summed E-state index contributed by atoms with van der Waals surface area (Å²) in [6.07, 6.45) is 1.75. The molecule has 0 saturated heterocycles. The number of methoxy groups -OCH3 is 2. The molecule has 2 rings (SSSR count). The first-order chi connectivity index (χ1) is 13.2. The van der Waals surface area contributed by atoms with Crippen molar-refractivity contribution < 1.29 is 19.0 Å². The molecule has 0 spiro atoms. The Morgan fingerprint density at radius 2 is 1.81 bits per heavy atom. The molecule has 0 aromatic heterocycles. The van der Waals surface area contributed by atoms with Crippen LogP contribution in [0.5, 0.6) is 17.2 Å². The fraction of sp³-hybridized carbons (Fsp3) is 0.381. The third kappa shape index (κ3) is 6.71. The van der Waals surface area contributed by atoms with Crippen LogP contribution in [0, 0.1) is 0 Å². The zero-order chi connectivity index (χ0) is 19.5. The molecule has 0 heterocycles. The number of thioether (sulfide) groups is 1. The number of nitrogens with one attached hydrogen (secondary N) is 1. The van der Waals surface area contributed by atoms with Crippen molar-refractivity contribution in [3.8, 4) is 17.2 Å². The summed E-state index contributed by atoms with van der Waals surface area (Å²) in [6, 6.07) is 13.7. The molecule has 2 aromatic rings. The van der Waals surface area contributed by atoms with Gasteiger partial charge in [0.05, 0.1) is 26.6 Å². The number of aryl methyl sites for hydroxylation is 1. The second-order valence-corrected chi connectivity index (χ2v) is 6.85. The monoisotopic (exact) mass is 389 g/mol. The van der Waals surface area contributed by atoms with Gasteiger partial charge in [0, 0.05) is 11.4 Å². The van der Waals surface area contributed by atoms with Crippen LogP contribution in [-0.2, 0) is 11.2 Å². The number of benzene rings is 2. The van der Waals surface area contributed by atoms with Gasteiger partial charge in [-0.1, -0.05) is 18.2 Å². The molecular formula is C21H27NO4S. The first kappa shape index (κ1) is 21.0. The summed E-state index contributed by atoms with van der Waals surface area (Å²) in [6.45, 7) is 3.28. The molecule has 0 saturated carbocycles. The van der Waals surface area contributed by atoms with E-state index in [-0.39, 0.29) is 5.91 Å². The van der Waals surface area contributed by atoms with Crippen molar-refractivity contribution in [3.05, 3.63) is 48.0 Å². The standard InChI is InChI=1S/C21H27NO4S/c1-4-26-18-10-6-5-8-16(18)9-7-13-22-21(23)15-27-17-11-12-19(24-2)20(14-17)25-3/h5-6,8,10-12,14H,4,7,9,13,15H2,1-3H3,(H,22,23). The average molecular weight is 390 g/mol. The van der Waals surface area contributed by atoms with Gasteiger partial charge in [-0.2, -0.15) is 0 Å². The Morgan fingerprint density at radius 1 is 1.04 bits per heavy atom. The minimum absolute atomic E-state index is 0.0212. The SMILES string of the molecule is CCOc1ccccc1CCCNC(=O)CSc1ccc(OC)c(OC)c1. The van der Waals surface area contributed by atoms with E-state index in [1.807, 2.05) is 43.3 Å². The molecule has 1 N–H and O–H groups in total. The highest BCUT2D eigenvalue weighted by Crippen LogP contribution is 2.31. The molecule has 0 aliphatic carbocycles. The van der Waals surface area contributed by atoms with Crippen LogP contribution in [0.2, 0.25) is 0 Å². The van der Waals surface area contributed by atoms with E-state index in [4.69, 9.17) is 14.2 Å². The molecule has 0 aliphatic rings. The van der Waals surface area contributed by atoms with Gasteiger partial charge in [0.1, 0.15) is 5.75 Å². The maximum absolute atomic E-state index is 12.1. The van der Waals surface area contributed by atoms with E-state index < -0.39 is 0 Å². The third-order valence-electron chi connectivity index (χ3n) is 3.94. The van der Waals surface area contributed by atoms with Gasteiger partial charge in [0.2, 0.25) is 5.91 Å². The van der Waals surface area contributed by atoms with Gasteiger partial charge in [0.15, 0.2) is 11.5 Å². The minimum atomic E-state index is 0.0212. The van der Waals surface area contributed by atoms with E-state index in [1.54, 1.807) is 14.2 Å². The predicted molar refractivity (Wildman–Crippen MR) is 109 cm³/mol. The third-order valence-corrected chi connectivity index (χ3v) is 4.94. The maximum Gasteiger partial charge on any atom is 0.230 e. The summed E-state index contributed by atoms with van der Waals surface area (Å²) < 4.78 is 16.1. The van der Waals surface area contributed by atoms with Crippen LogP contribution in [0.4, 0.5) is 0 Å². The van der Waals surface area contributed by atoms with E-state index in [9.17, 15) is 4.79 Å². The van der Waals surface area contributed by atoms with Gasteiger partial charge in [-0.15, -0.1) is 11.8 Å². The molecule has 0 aliphatic heterocycles. The average Bonchev–Trinajstić information content (AvgIpc) is 2.70. The molecule has 5 nitrogen and oxygen atoms in total. The van der Waals surface area contributed by atoms with Crippen molar-refractivity contribution in [1.29, 1.82) is 0 Å². The summed E-state index contributed by atoms with van der Waals surface area (Å²) >= 11 is 1.47. The summed E-state index contributed by atoms with van der Waals surface area (Å²) in [5, 5.41) is 2.97. The summed E-state index contributed by atoms with van der Waals surface area (Å²) in [7, 11) is 3.20. The van der Waals surface area contributed by atoms with Crippen molar-refractivity contribution >= 4 is 17.7 Å². The zero-order valence-corrected chi connectivity index (χ0v) is 16.9. The Morgan fingerprint density at radius 3 is 2.56 bits per heavy atom. The van der Waals surface area contributed by atoms with E-state index in [0.717, 1.165) is 23.5 Å². The Labute approximate surface area is 165 Å². The van der Waals surface area contributed by atoms with Crippen LogP contribution >= 0.6 is 11.8 Å². The number of amides is 1. The lowest BCUT2D eigenvalue weighted by Crippen LogP contribution is -2.26. The van der Waals surface area contributed by atoms with Gasteiger partial charge in [-0.3, -0.25) is 4.79 Å². The van der Waals surface area contributed by atoms with E-state index in [2.05, 4.69) is 11.4 Å². The lowest BCUT2D eigenvalue weighted by atomic mass is 10.1. The summed E-state index contributed by atoms with van der Waals surface area (Å²) in [4.78, 5) is 13.0. The van der Waals surface area contributed by atoms with E-state index >= 15 is 0 Å². The molecule has 146 valence electrons. The molecule has 27 heavy (non-hydrogen) atoms. The highest BCUT2D eigenvalue weighted by atomic mass is 32.2. The zero-order valence-electron chi connectivity index (χ0n) is 16.1. The van der Waals surface area contributed by atoms with Crippen molar-refractivity contribution in [1.82, 2.24) is 5.32 Å². The van der Waals surface area contributed by atoms with Crippen molar-refractivity contribution in [3.63, 3.8) is 0 Å². The lowest BCUT2D eigenvalue weighted by molar-refractivity contribution is -0.118. The molecule has 0 unspecified atom stereocenters. The molecule has 0 atom stereocenters. The fourth-order valence-electron chi connectivity index (χ4n) is 2.62. The Balaban J connectivity index is 1.72. The molecular weight excluding hydrogens is 362 g/mol. The second kappa shape index (κ2) is 11.4. The normalized spacial score (nSPS) is 10.3. The number of hydrogen-bond acceptors (Lipinski definition) is 5. The largest absolute Gasteiger partial charge is 0.494 e. The van der Waals surface area contributed by atoms with Crippen LogP contribution in [0.1, 0.15) is 18.9 Å². The molecule has 1 amide bonds. The minimum Gasteiger partial charge on any atom is -0.494 e. The number of hydrogen-bond donors (Lipinski definition) is 1. The number of ether oxygens (including phenoxy) is 3. The highest BCUT2D eigenvalue weighted by Gasteiger charge is 2.08. The van der Waals surface area contributed by atoms with Crippen molar-refractivity contribution in [2.75, 3.05) is 33.1 Å². The van der Waals surface area contributed by atoms with Gasteiger partial charge in [-0.05, 0) is 49.6 Å². The van der Waals surface area contributed by atoms with Crippen LogP contribution in [0.25, 0.3) is 0 Å². The predicted octanol–water partition coefficient (Wildman–Crippen LogP) is 3.94. The first-order valence-corrected chi connectivity index (χ1v) is 9.98. The molecule has 0 fully saturated rings. The van der Waals surface area contributed by atoms with Crippen molar-refractivity contribution in [2.45, 2.75) is 24.7 Å². The lowest BCUT2D eigenvalue weighted by Gasteiger charge is -2.11. The number of carbonyl (C=O) groups is 1. The van der Waals surface area contributed by atoms with Crippen molar-refractivity contribution in [2.24, 2.45) is 0 Å². The van der Waals surface area contributed by atoms with Gasteiger partial charge >= 0.3 is 0 Å². The van der Waals surface area contributed by atoms with Gasteiger partial charge in [-0.25, -0.2) is 0 Å². The Hall–Kier alpha value is -2.34. The summed E-state index contributed by atoms with van der Waals surface area (Å²) in [5.74, 6) is 2.66. The fourth-order valence-corrected chi connectivity index (χ4v) is 3.37. The van der Waals surface area contributed by atoms with Gasteiger partial charge < -0.3 is 19.5 Å². The summed E-state index contributed by atoms with van der Waals surface area (Å²) in [5.41, 5.74) is 1.17. The first-order valence-electron chi connectivity index (χ1n) is 9.00. The highest BCUT2D eigenvalue weighted by molar-refractivity contribution is 8.00. The van der Waals surface area contributed by atoms with Crippen LogP contribution in [-0.4, -0.2) is 39.0 Å². The van der Waals surface area contributed by atoms with Gasteiger partial charge in [0.25, 0.3) is 0 Å².